The fourth-order valence-corrected chi connectivity index (χ4v) is 8.92. The zero-order valence-corrected chi connectivity index (χ0v) is 20.7. The Labute approximate surface area is 186 Å². The SMILES string of the molecule is CCC(CC[C@@H](C)[C@H]1CC[C@H]2[C@@H]3CCC4=CC(=O)CC[C@]4(C)[C@H]3CC[C@]12C)=C(C)C. The molecule has 0 heterocycles. The molecule has 0 aliphatic heterocycles. The van der Waals surface area contributed by atoms with Crippen LogP contribution in [0.2, 0.25) is 0 Å². The van der Waals surface area contributed by atoms with Crippen LogP contribution in [0, 0.1) is 40.4 Å². The van der Waals surface area contributed by atoms with E-state index in [-0.39, 0.29) is 0 Å². The molecule has 0 saturated heterocycles. The average molecular weight is 411 g/mol. The van der Waals surface area contributed by atoms with Crippen LogP contribution < -0.4 is 0 Å². The highest BCUT2D eigenvalue weighted by Crippen LogP contribution is 2.67. The number of ketones is 1. The van der Waals surface area contributed by atoms with Crippen molar-refractivity contribution in [2.45, 2.75) is 112 Å². The van der Waals surface area contributed by atoms with Gasteiger partial charge in [-0.05, 0) is 125 Å². The molecule has 0 radical (unpaired) electrons. The Morgan fingerprint density at radius 1 is 1.07 bits per heavy atom. The van der Waals surface area contributed by atoms with Crippen molar-refractivity contribution >= 4 is 5.78 Å². The monoisotopic (exact) mass is 410 g/mol. The summed E-state index contributed by atoms with van der Waals surface area (Å²) in [6, 6.07) is 0. The number of hydrogen-bond acceptors (Lipinski definition) is 1. The minimum atomic E-state index is 0.321. The largest absolute Gasteiger partial charge is 0.295 e. The van der Waals surface area contributed by atoms with Crippen LogP contribution in [-0.2, 0) is 4.79 Å². The molecule has 7 atom stereocenters. The first kappa shape index (κ1) is 22.3. The third-order valence-corrected chi connectivity index (χ3v) is 10.8. The number of fused-ring (bicyclic) bond motifs is 5. The molecule has 30 heavy (non-hydrogen) atoms. The second kappa shape index (κ2) is 8.25. The van der Waals surface area contributed by atoms with Crippen LogP contribution in [0.15, 0.2) is 22.8 Å². The van der Waals surface area contributed by atoms with Crippen LogP contribution in [0.1, 0.15) is 112 Å². The summed E-state index contributed by atoms with van der Waals surface area (Å²) in [4.78, 5) is 12.1. The Morgan fingerprint density at radius 3 is 2.53 bits per heavy atom. The molecule has 4 rings (SSSR count). The van der Waals surface area contributed by atoms with Gasteiger partial charge in [0.05, 0.1) is 0 Å². The van der Waals surface area contributed by atoms with Crippen LogP contribution in [0.4, 0.5) is 0 Å². The molecule has 1 heteroatoms. The van der Waals surface area contributed by atoms with Crippen molar-refractivity contribution in [3.05, 3.63) is 22.8 Å². The van der Waals surface area contributed by atoms with Gasteiger partial charge in [-0.3, -0.25) is 4.79 Å². The van der Waals surface area contributed by atoms with Gasteiger partial charge in [-0.1, -0.05) is 44.4 Å². The van der Waals surface area contributed by atoms with Gasteiger partial charge in [-0.15, -0.1) is 0 Å². The number of hydrogen-bond donors (Lipinski definition) is 0. The van der Waals surface area contributed by atoms with Gasteiger partial charge < -0.3 is 0 Å². The van der Waals surface area contributed by atoms with E-state index in [1.165, 1.54) is 63.4 Å². The summed E-state index contributed by atoms with van der Waals surface area (Å²) in [7, 11) is 0. The maximum atomic E-state index is 12.1. The van der Waals surface area contributed by atoms with Gasteiger partial charge in [0.15, 0.2) is 5.78 Å². The van der Waals surface area contributed by atoms with Crippen molar-refractivity contribution in [1.82, 2.24) is 0 Å². The zero-order chi connectivity index (χ0) is 21.7. The maximum absolute atomic E-state index is 12.1. The number of carbonyl (C=O) groups excluding carboxylic acids is 1. The number of carbonyl (C=O) groups is 1. The predicted molar refractivity (Wildman–Crippen MR) is 127 cm³/mol. The minimum absolute atomic E-state index is 0.321. The average Bonchev–Trinajstić information content (AvgIpc) is 3.06. The summed E-state index contributed by atoms with van der Waals surface area (Å²) in [5.74, 6) is 4.80. The molecular weight excluding hydrogens is 364 g/mol. The van der Waals surface area contributed by atoms with Crippen molar-refractivity contribution in [3.8, 4) is 0 Å². The van der Waals surface area contributed by atoms with Gasteiger partial charge in [0.1, 0.15) is 0 Å². The standard InChI is InChI=1S/C29H46O/c1-7-21(19(2)3)9-8-20(4)25-12-13-26-24-11-10-22-18-23(30)14-16-28(22,5)27(24)15-17-29(25,26)6/h18,20,24-27H,7-17H2,1-6H3/t20-,24+,25-,26+,27+,28+,29-/m1/s1. The predicted octanol–water partition coefficient (Wildman–Crippen LogP) is 8.30. The summed E-state index contributed by atoms with van der Waals surface area (Å²) < 4.78 is 0. The van der Waals surface area contributed by atoms with Crippen LogP contribution in [0.5, 0.6) is 0 Å². The van der Waals surface area contributed by atoms with E-state index in [1.807, 2.05) is 0 Å². The van der Waals surface area contributed by atoms with Crippen molar-refractivity contribution < 1.29 is 4.79 Å². The van der Waals surface area contributed by atoms with E-state index < -0.39 is 0 Å². The Morgan fingerprint density at radius 2 is 1.83 bits per heavy atom. The molecular formula is C29H46O. The smallest absolute Gasteiger partial charge is 0.155 e. The molecule has 4 aliphatic carbocycles. The van der Waals surface area contributed by atoms with Crippen LogP contribution in [-0.4, -0.2) is 5.78 Å². The van der Waals surface area contributed by atoms with E-state index >= 15 is 0 Å². The second-order valence-electron chi connectivity index (χ2n) is 12.2. The highest BCUT2D eigenvalue weighted by molar-refractivity contribution is 5.91. The molecule has 4 aliphatic rings. The fraction of sp³-hybridized carbons (Fsp3) is 0.828. The minimum Gasteiger partial charge on any atom is -0.295 e. The van der Waals surface area contributed by atoms with E-state index in [9.17, 15) is 4.79 Å². The van der Waals surface area contributed by atoms with Crippen molar-refractivity contribution in [3.63, 3.8) is 0 Å². The third-order valence-electron chi connectivity index (χ3n) is 10.8. The molecule has 0 aromatic heterocycles. The van der Waals surface area contributed by atoms with E-state index in [4.69, 9.17) is 0 Å². The van der Waals surface area contributed by atoms with Crippen LogP contribution in [0.3, 0.4) is 0 Å². The normalized spacial score (nSPS) is 41.4. The third kappa shape index (κ3) is 3.57. The second-order valence-corrected chi connectivity index (χ2v) is 12.2. The first-order valence-electron chi connectivity index (χ1n) is 13.1. The summed E-state index contributed by atoms with van der Waals surface area (Å²) in [5.41, 5.74) is 5.63. The van der Waals surface area contributed by atoms with Gasteiger partial charge in [-0.2, -0.15) is 0 Å². The summed E-state index contributed by atoms with van der Waals surface area (Å²) >= 11 is 0. The molecule has 3 saturated carbocycles. The molecule has 168 valence electrons. The molecule has 1 nitrogen and oxygen atoms in total. The number of allylic oxidation sites excluding steroid dienone is 3. The Kier molecular flexibility index (Phi) is 6.15. The van der Waals surface area contributed by atoms with Gasteiger partial charge in [0.25, 0.3) is 0 Å². The molecule has 0 N–H and O–H groups in total. The zero-order valence-electron chi connectivity index (χ0n) is 20.7. The van der Waals surface area contributed by atoms with E-state index in [0.29, 0.717) is 16.6 Å². The van der Waals surface area contributed by atoms with E-state index in [0.717, 1.165) is 42.4 Å². The first-order chi connectivity index (χ1) is 14.2. The van der Waals surface area contributed by atoms with Crippen molar-refractivity contribution in [1.29, 1.82) is 0 Å². The lowest BCUT2D eigenvalue weighted by Crippen LogP contribution is -2.50. The van der Waals surface area contributed by atoms with Crippen LogP contribution >= 0.6 is 0 Å². The first-order valence-corrected chi connectivity index (χ1v) is 13.1. The van der Waals surface area contributed by atoms with Gasteiger partial charge >= 0.3 is 0 Å². The van der Waals surface area contributed by atoms with Crippen LogP contribution in [0.25, 0.3) is 0 Å². The molecule has 0 amide bonds. The fourth-order valence-electron chi connectivity index (χ4n) is 8.92. The summed E-state index contributed by atoms with van der Waals surface area (Å²) in [6.07, 6.45) is 16.1. The van der Waals surface area contributed by atoms with Crippen molar-refractivity contribution in [2.75, 3.05) is 0 Å². The lowest BCUT2D eigenvalue weighted by molar-refractivity contribution is -0.117. The molecule has 0 aromatic rings. The molecule has 0 spiro atoms. The van der Waals surface area contributed by atoms with Gasteiger partial charge in [0, 0.05) is 6.42 Å². The van der Waals surface area contributed by atoms with E-state index in [1.54, 1.807) is 11.1 Å². The van der Waals surface area contributed by atoms with Gasteiger partial charge in [0.2, 0.25) is 0 Å². The summed E-state index contributed by atoms with van der Waals surface area (Å²) in [6.45, 7) is 14.7. The highest BCUT2D eigenvalue weighted by atomic mass is 16.1. The summed E-state index contributed by atoms with van der Waals surface area (Å²) in [5, 5.41) is 0. The Hall–Kier alpha value is -0.850. The molecule has 3 fully saturated rings. The van der Waals surface area contributed by atoms with Crippen molar-refractivity contribution in [2.24, 2.45) is 40.4 Å². The van der Waals surface area contributed by atoms with Gasteiger partial charge in [-0.25, -0.2) is 0 Å². The highest BCUT2D eigenvalue weighted by Gasteiger charge is 2.59. The molecule has 0 aromatic carbocycles. The Bertz CT molecular complexity index is 737. The molecule has 0 bridgehead atoms. The maximum Gasteiger partial charge on any atom is 0.155 e. The Balaban J connectivity index is 1.50. The van der Waals surface area contributed by atoms with E-state index in [2.05, 4.69) is 47.6 Å². The topological polar surface area (TPSA) is 17.1 Å². The lowest BCUT2D eigenvalue weighted by Gasteiger charge is -2.58. The quantitative estimate of drug-likeness (QED) is 0.416. The number of rotatable bonds is 5. The molecule has 0 unspecified atom stereocenters. The lowest BCUT2D eigenvalue weighted by atomic mass is 9.46.